The SMILES string of the molecule is Cc1nn2ccc(C(C)(C)C)nc2c1F. The molecule has 2 rings (SSSR count). The van der Waals surface area contributed by atoms with Gasteiger partial charge in [-0.25, -0.2) is 13.9 Å². The first-order valence-corrected chi connectivity index (χ1v) is 4.91. The molecule has 0 radical (unpaired) electrons. The lowest BCUT2D eigenvalue weighted by molar-refractivity contribution is 0.565. The fraction of sp³-hybridized carbons (Fsp3) is 0.455. The van der Waals surface area contributed by atoms with Crippen LogP contribution in [-0.4, -0.2) is 14.6 Å². The summed E-state index contributed by atoms with van der Waals surface area (Å²) < 4.78 is 15.1. The Balaban J connectivity index is 2.70. The van der Waals surface area contributed by atoms with Gasteiger partial charge in [0.25, 0.3) is 0 Å². The van der Waals surface area contributed by atoms with E-state index in [1.165, 1.54) is 4.52 Å². The van der Waals surface area contributed by atoms with Crippen LogP contribution in [0.4, 0.5) is 4.39 Å². The van der Waals surface area contributed by atoms with E-state index in [0.717, 1.165) is 5.69 Å². The topological polar surface area (TPSA) is 30.2 Å². The summed E-state index contributed by atoms with van der Waals surface area (Å²) in [6.07, 6.45) is 1.75. The minimum atomic E-state index is -0.332. The van der Waals surface area contributed by atoms with E-state index in [-0.39, 0.29) is 11.2 Å². The lowest BCUT2D eigenvalue weighted by Crippen LogP contribution is -2.14. The van der Waals surface area contributed by atoms with Gasteiger partial charge in [0.05, 0.1) is 5.69 Å². The predicted molar refractivity (Wildman–Crippen MR) is 56.4 cm³/mol. The van der Waals surface area contributed by atoms with Crippen LogP contribution in [0.5, 0.6) is 0 Å². The Kier molecular flexibility index (Phi) is 2.03. The largest absolute Gasteiger partial charge is 0.230 e. The summed E-state index contributed by atoms with van der Waals surface area (Å²) in [4.78, 5) is 4.29. The number of hydrogen-bond acceptors (Lipinski definition) is 2. The molecule has 0 aliphatic heterocycles. The zero-order chi connectivity index (χ0) is 11.2. The van der Waals surface area contributed by atoms with Gasteiger partial charge in [-0.05, 0) is 13.0 Å². The second kappa shape index (κ2) is 3.02. The standard InChI is InChI=1S/C11H14FN3/c1-7-9(12)10-13-8(11(2,3)4)5-6-15(10)14-7/h5-6H,1-4H3. The molecule has 0 saturated heterocycles. The van der Waals surface area contributed by atoms with Gasteiger partial charge in [0.1, 0.15) is 0 Å². The number of hydrogen-bond donors (Lipinski definition) is 0. The molecule has 0 aliphatic rings. The fourth-order valence-corrected chi connectivity index (χ4v) is 1.43. The number of rotatable bonds is 0. The molecule has 0 unspecified atom stereocenters. The molecule has 0 saturated carbocycles. The molecular formula is C11H14FN3. The van der Waals surface area contributed by atoms with Crippen LogP contribution in [-0.2, 0) is 5.41 Å². The highest BCUT2D eigenvalue weighted by Crippen LogP contribution is 2.21. The van der Waals surface area contributed by atoms with Crippen molar-refractivity contribution in [2.24, 2.45) is 0 Å². The third-order valence-corrected chi connectivity index (χ3v) is 2.36. The van der Waals surface area contributed by atoms with Crippen molar-refractivity contribution in [1.82, 2.24) is 14.6 Å². The first kappa shape index (κ1) is 10.1. The predicted octanol–water partition coefficient (Wildman–Crippen LogP) is 2.47. The van der Waals surface area contributed by atoms with Gasteiger partial charge in [-0.3, -0.25) is 0 Å². The molecule has 0 fully saturated rings. The Hall–Kier alpha value is -1.45. The molecule has 0 aromatic carbocycles. The number of halogens is 1. The van der Waals surface area contributed by atoms with Crippen LogP contribution in [0.15, 0.2) is 12.3 Å². The second-order valence-corrected chi connectivity index (χ2v) is 4.73. The van der Waals surface area contributed by atoms with Crippen LogP contribution >= 0.6 is 0 Å². The average molecular weight is 207 g/mol. The maximum atomic E-state index is 13.6. The van der Waals surface area contributed by atoms with E-state index in [1.807, 2.05) is 26.8 Å². The minimum Gasteiger partial charge on any atom is -0.230 e. The van der Waals surface area contributed by atoms with E-state index in [2.05, 4.69) is 10.1 Å². The summed E-state index contributed by atoms with van der Waals surface area (Å²) in [5, 5.41) is 4.02. The van der Waals surface area contributed by atoms with E-state index in [4.69, 9.17) is 0 Å². The number of fused-ring (bicyclic) bond motifs is 1. The van der Waals surface area contributed by atoms with Crippen molar-refractivity contribution in [1.29, 1.82) is 0 Å². The van der Waals surface area contributed by atoms with E-state index in [1.54, 1.807) is 13.1 Å². The normalized spacial score (nSPS) is 12.3. The highest BCUT2D eigenvalue weighted by atomic mass is 19.1. The number of aromatic nitrogens is 3. The zero-order valence-corrected chi connectivity index (χ0v) is 9.37. The molecule has 0 amide bonds. The average Bonchev–Trinajstić information content (AvgIpc) is 2.41. The van der Waals surface area contributed by atoms with Crippen LogP contribution in [0, 0.1) is 12.7 Å². The Bertz CT molecular complexity index is 508. The zero-order valence-electron chi connectivity index (χ0n) is 9.37. The lowest BCUT2D eigenvalue weighted by Gasteiger charge is -2.17. The molecule has 2 aromatic heterocycles. The van der Waals surface area contributed by atoms with Crippen molar-refractivity contribution in [3.8, 4) is 0 Å². The monoisotopic (exact) mass is 207 g/mol. The molecule has 0 bridgehead atoms. The molecule has 0 atom stereocenters. The summed E-state index contributed by atoms with van der Waals surface area (Å²) in [7, 11) is 0. The van der Waals surface area contributed by atoms with E-state index < -0.39 is 0 Å². The second-order valence-electron chi connectivity index (χ2n) is 4.73. The third-order valence-electron chi connectivity index (χ3n) is 2.36. The van der Waals surface area contributed by atoms with Gasteiger partial charge in [0.15, 0.2) is 11.5 Å². The lowest BCUT2D eigenvalue weighted by atomic mass is 9.92. The van der Waals surface area contributed by atoms with Crippen molar-refractivity contribution in [3.63, 3.8) is 0 Å². The van der Waals surface area contributed by atoms with Gasteiger partial charge in [-0.1, -0.05) is 20.8 Å². The molecule has 0 spiro atoms. The van der Waals surface area contributed by atoms with Crippen molar-refractivity contribution in [3.05, 3.63) is 29.5 Å². The van der Waals surface area contributed by atoms with Gasteiger partial charge in [-0.15, -0.1) is 0 Å². The highest BCUT2D eigenvalue weighted by molar-refractivity contribution is 5.42. The van der Waals surface area contributed by atoms with Gasteiger partial charge < -0.3 is 0 Å². The number of aryl methyl sites for hydroxylation is 1. The molecule has 2 heterocycles. The van der Waals surface area contributed by atoms with Crippen LogP contribution in [0.3, 0.4) is 0 Å². The van der Waals surface area contributed by atoms with E-state index >= 15 is 0 Å². The first-order chi connectivity index (χ1) is 6.89. The molecular weight excluding hydrogens is 193 g/mol. The smallest absolute Gasteiger partial charge is 0.191 e. The van der Waals surface area contributed by atoms with Crippen LogP contribution in [0.2, 0.25) is 0 Å². The summed E-state index contributed by atoms with van der Waals surface area (Å²) in [6.45, 7) is 7.79. The summed E-state index contributed by atoms with van der Waals surface area (Å²) in [6, 6.07) is 1.87. The number of nitrogens with zero attached hydrogens (tertiary/aromatic N) is 3. The van der Waals surface area contributed by atoms with Gasteiger partial charge in [0, 0.05) is 17.3 Å². The molecule has 80 valence electrons. The van der Waals surface area contributed by atoms with Crippen molar-refractivity contribution >= 4 is 5.65 Å². The summed E-state index contributed by atoms with van der Waals surface area (Å²) in [5.41, 5.74) is 1.48. The molecule has 15 heavy (non-hydrogen) atoms. The van der Waals surface area contributed by atoms with Crippen LogP contribution in [0.1, 0.15) is 32.2 Å². The Labute approximate surface area is 87.9 Å². The van der Waals surface area contributed by atoms with Crippen LogP contribution < -0.4 is 0 Å². The van der Waals surface area contributed by atoms with Crippen molar-refractivity contribution in [2.75, 3.05) is 0 Å². The van der Waals surface area contributed by atoms with E-state index in [0.29, 0.717) is 11.3 Å². The quantitative estimate of drug-likeness (QED) is 0.664. The Morgan fingerprint density at radius 2 is 2.00 bits per heavy atom. The highest BCUT2D eigenvalue weighted by Gasteiger charge is 2.18. The van der Waals surface area contributed by atoms with Crippen LogP contribution in [0.25, 0.3) is 5.65 Å². The Morgan fingerprint density at radius 3 is 2.60 bits per heavy atom. The molecule has 2 aromatic rings. The first-order valence-electron chi connectivity index (χ1n) is 4.91. The maximum absolute atomic E-state index is 13.6. The minimum absolute atomic E-state index is 0.0770. The Morgan fingerprint density at radius 1 is 1.33 bits per heavy atom. The summed E-state index contributed by atoms with van der Waals surface area (Å²) >= 11 is 0. The molecule has 0 aliphatic carbocycles. The van der Waals surface area contributed by atoms with Gasteiger partial charge in [0.2, 0.25) is 0 Å². The summed E-state index contributed by atoms with van der Waals surface area (Å²) in [5.74, 6) is -0.332. The van der Waals surface area contributed by atoms with Gasteiger partial charge >= 0.3 is 0 Å². The molecule has 3 nitrogen and oxygen atoms in total. The van der Waals surface area contributed by atoms with Crippen molar-refractivity contribution in [2.45, 2.75) is 33.1 Å². The van der Waals surface area contributed by atoms with Gasteiger partial charge in [-0.2, -0.15) is 5.10 Å². The third kappa shape index (κ3) is 1.60. The maximum Gasteiger partial charge on any atom is 0.191 e. The van der Waals surface area contributed by atoms with Crippen molar-refractivity contribution < 1.29 is 4.39 Å². The molecule has 0 N–H and O–H groups in total. The van der Waals surface area contributed by atoms with E-state index in [9.17, 15) is 4.39 Å². The fourth-order valence-electron chi connectivity index (χ4n) is 1.43. The molecule has 4 heteroatoms.